The molecule has 0 spiro atoms. The van der Waals surface area contributed by atoms with Crippen molar-refractivity contribution < 1.29 is 9.47 Å². The van der Waals surface area contributed by atoms with Crippen molar-refractivity contribution in [2.75, 3.05) is 14.2 Å². The molecule has 2 heterocycles. The van der Waals surface area contributed by atoms with Gasteiger partial charge in [0.25, 0.3) is 11.1 Å². The van der Waals surface area contributed by atoms with E-state index in [-0.39, 0.29) is 22.6 Å². The van der Waals surface area contributed by atoms with Crippen LogP contribution >= 0.6 is 22.9 Å². The third-order valence-corrected chi connectivity index (χ3v) is 5.80. The van der Waals surface area contributed by atoms with Gasteiger partial charge in [-0.25, -0.2) is 0 Å². The summed E-state index contributed by atoms with van der Waals surface area (Å²) in [5.74, 6) is 1.14. The zero-order valence-corrected chi connectivity index (χ0v) is 17.7. The Bertz CT molecular complexity index is 1410. The molecule has 0 aliphatic heterocycles. The van der Waals surface area contributed by atoms with Crippen LogP contribution in [-0.4, -0.2) is 28.8 Å². The molecule has 0 unspecified atom stereocenters. The third-order valence-electron chi connectivity index (χ3n) is 4.47. The van der Waals surface area contributed by atoms with Gasteiger partial charge < -0.3 is 9.47 Å². The highest BCUT2D eigenvalue weighted by Gasteiger charge is 2.13. The van der Waals surface area contributed by atoms with E-state index in [1.54, 1.807) is 56.7 Å². The van der Waals surface area contributed by atoms with Crippen LogP contribution in [0.2, 0.25) is 5.02 Å². The van der Waals surface area contributed by atoms with Gasteiger partial charge in [0.1, 0.15) is 5.69 Å². The lowest BCUT2D eigenvalue weighted by Crippen LogP contribution is -2.28. The van der Waals surface area contributed by atoms with Crippen LogP contribution in [0.15, 0.2) is 52.1 Å². The highest BCUT2D eigenvalue weighted by Crippen LogP contribution is 2.27. The van der Waals surface area contributed by atoms with Crippen molar-refractivity contribution in [1.82, 2.24) is 14.6 Å². The van der Waals surface area contributed by atoms with Crippen molar-refractivity contribution in [3.63, 3.8) is 0 Å². The van der Waals surface area contributed by atoms with Gasteiger partial charge in [0.05, 0.1) is 18.8 Å². The van der Waals surface area contributed by atoms with E-state index in [1.165, 1.54) is 0 Å². The van der Waals surface area contributed by atoms with Crippen LogP contribution in [0.5, 0.6) is 11.5 Å². The molecule has 2 aromatic heterocycles. The van der Waals surface area contributed by atoms with Crippen LogP contribution in [-0.2, 0) is 6.42 Å². The fraction of sp³-hybridized carbons (Fsp3) is 0.143. The third kappa shape index (κ3) is 3.79. The second-order valence-corrected chi connectivity index (χ2v) is 7.77. The Hall–Kier alpha value is -3.23. The predicted molar refractivity (Wildman–Crippen MR) is 116 cm³/mol. The highest BCUT2D eigenvalue weighted by molar-refractivity contribution is 7.15. The Labute approximate surface area is 179 Å². The number of halogens is 1. The standard InChI is InChI=1S/C21H16ClN3O4S/c1-28-16-8-7-12(9-17(16)29-2)10-18-20(27)25-21(30-18)23-19(26)15(24-25)11-13-5-3-4-6-14(13)22/h3-10H,11H2,1-2H3/b18-10+. The van der Waals surface area contributed by atoms with E-state index in [0.29, 0.717) is 21.1 Å². The summed E-state index contributed by atoms with van der Waals surface area (Å²) in [6.45, 7) is 0. The minimum Gasteiger partial charge on any atom is -0.493 e. The van der Waals surface area contributed by atoms with E-state index in [2.05, 4.69) is 10.1 Å². The van der Waals surface area contributed by atoms with Gasteiger partial charge in [-0.3, -0.25) is 9.59 Å². The lowest BCUT2D eigenvalue weighted by Gasteiger charge is -2.07. The van der Waals surface area contributed by atoms with Crippen molar-refractivity contribution >= 4 is 34.0 Å². The molecular formula is C21H16ClN3O4S. The summed E-state index contributed by atoms with van der Waals surface area (Å²) < 4.78 is 12.1. The molecule has 4 rings (SSSR count). The molecule has 0 N–H and O–H groups in total. The first-order valence-electron chi connectivity index (χ1n) is 8.90. The molecule has 9 heteroatoms. The zero-order chi connectivity index (χ0) is 21.3. The number of rotatable bonds is 5. The van der Waals surface area contributed by atoms with Gasteiger partial charge in [-0.15, -0.1) is 0 Å². The second-order valence-electron chi connectivity index (χ2n) is 6.36. The number of benzene rings is 2. The van der Waals surface area contributed by atoms with Gasteiger partial charge in [-0.1, -0.05) is 47.2 Å². The van der Waals surface area contributed by atoms with Crippen molar-refractivity contribution in [3.05, 3.63) is 89.5 Å². The molecule has 30 heavy (non-hydrogen) atoms. The topological polar surface area (TPSA) is 82.8 Å². The number of aromatic nitrogens is 3. The molecule has 2 aromatic carbocycles. The summed E-state index contributed by atoms with van der Waals surface area (Å²) in [5.41, 5.74) is 0.820. The maximum atomic E-state index is 12.8. The molecule has 0 saturated heterocycles. The Morgan fingerprint density at radius 2 is 1.87 bits per heavy atom. The number of nitrogens with zero attached hydrogens (tertiary/aromatic N) is 3. The normalized spacial score (nSPS) is 11.8. The maximum absolute atomic E-state index is 12.8. The molecule has 7 nitrogen and oxygen atoms in total. The minimum absolute atomic E-state index is 0.160. The van der Waals surface area contributed by atoms with Crippen molar-refractivity contribution in [1.29, 1.82) is 0 Å². The Balaban J connectivity index is 1.80. The number of ether oxygens (including phenoxy) is 2. The van der Waals surface area contributed by atoms with Crippen LogP contribution in [0.25, 0.3) is 11.0 Å². The average Bonchev–Trinajstić information content (AvgIpc) is 3.04. The maximum Gasteiger partial charge on any atom is 0.296 e. The smallest absolute Gasteiger partial charge is 0.296 e. The molecule has 0 bridgehead atoms. The van der Waals surface area contributed by atoms with Gasteiger partial charge in [0.2, 0.25) is 4.96 Å². The number of fused-ring (bicyclic) bond motifs is 1. The number of hydrogen-bond acceptors (Lipinski definition) is 7. The predicted octanol–water partition coefficient (Wildman–Crippen LogP) is 2.32. The fourth-order valence-corrected chi connectivity index (χ4v) is 4.07. The van der Waals surface area contributed by atoms with Gasteiger partial charge in [0.15, 0.2) is 11.5 Å². The lowest BCUT2D eigenvalue weighted by molar-refractivity contribution is 0.355. The first-order chi connectivity index (χ1) is 14.5. The Morgan fingerprint density at radius 1 is 1.10 bits per heavy atom. The number of methoxy groups -OCH3 is 2. The van der Waals surface area contributed by atoms with E-state index in [9.17, 15) is 9.59 Å². The minimum atomic E-state index is -0.478. The van der Waals surface area contributed by atoms with Gasteiger partial charge in [-0.2, -0.15) is 14.6 Å². The summed E-state index contributed by atoms with van der Waals surface area (Å²) in [6, 6.07) is 12.5. The fourth-order valence-electron chi connectivity index (χ4n) is 2.97. The summed E-state index contributed by atoms with van der Waals surface area (Å²) in [7, 11) is 3.10. The largest absolute Gasteiger partial charge is 0.493 e. The molecule has 0 atom stereocenters. The van der Waals surface area contributed by atoms with Crippen LogP contribution in [0.4, 0.5) is 0 Å². The molecular weight excluding hydrogens is 426 g/mol. The lowest BCUT2D eigenvalue weighted by atomic mass is 10.1. The molecule has 0 aliphatic rings. The van der Waals surface area contributed by atoms with E-state index in [0.717, 1.165) is 27.0 Å². The molecule has 0 aliphatic carbocycles. The van der Waals surface area contributed by atoms with Crippen molar-refractivity contribution in [2.45, 2.75) is 6.42 Å². The van der Waals surface area contributed by atoms with Crippen LogP contribution in [0.3, 0.4) is 0 Å². The number of hydrogen-bond donors (Lipinski definition) is 0. The van der Waals surface area contributed by atoms with E-state index in [4.69, 9.17) is 21.1 Å². The van der Waals surface area contributed by atoms with Gasteiger partial charge in [-0.05, 0) is 35.4 Å². The van der Waals surface area contributed by atoms with Crippen molar-refractivity contribution in [2.24, 2.45) is 0 Å². The van der Waals surface area contributed by atoms with E-state index in [1.807, 2.05) is 6.07 Å². The summed E-state index contributed by atoms with van der Waals surface area (Å²) in [6.07, 6.45) is 1.89. The van der Waals surface area contributed by atoms with E-state index < -0.39 is 5.56 Å². The molecule has 0 saturated carbocycles. The molecule has 4 aromatic rings. The average molecular weight is 442 g/mol. The summed E-state index contributed by atoms with van der Waals surface area (Å²) >= 11 is 7.27. The van der Waals surface area contributed by atoms with Crippen LogP contribution < -0.4 is 25.1 Å². The highest BCUT2D eigenvalue weighted by atomic mass is 35.5. The SMILES string of the molecule is COc1ccc(/C=c2/sc3nc(=O)c(Cc4ccccc4Cl)nn3c2=O)cc1OC. The summed E-state index contributed by atoms with van der Waals surface area (Å²) in [4.78, 5) is 29.5. The first kappa shape index (κ1) is 20.1. The molecule has 0 fully saturated rings. The first-order valence-corrected chi connectivity index (χ1v) is 10.1. The Morgan fingerprint density at radius 3 is 2.60 bits per heavy atom. The quantitative estimate of drug-likeness (QED) is 0.472. The summed E-state index contributed by atoms with van der Waals surface area (Å²) in [5, 5.41) is 4.78. The van der Waals surface area contributed by atoms with E-state index >= 15 is 0 Å². The van der Waals surface area contributed by atoms with Crippen LogP contribution in [0, 0.1) is 0 Å². The second kappa shape index (κ2) is 8.25. The van der Waals surface area contributed by atoms with Gasteiger partial charge >= 0.3 is 0 Å². The monoisotopic (exact) mass is 441 g/mol. The van der Waals surface area contributed by atoms with Gasteiger partial charge in [0, 0.05) is 11.4 Å². The Kier molecular flexibility index (Phi) is 5.52. The van der Waals surface area contributed by atoms with Crippen LogP contribution in [0.1, 0.15) is 16.8 Å². The zero-order valence-electron chi connectivity index (χ0n) is 16.1. The number of thiazole rings is 1. The molecule has 152 valence electrons. The molecule has 0 radical (unpaired) electrons. The van der Waals surface area contributed by atoms with Crippen molar-refractivity contribution in [3.8, 4) is 11.5 Å². The molecule has 0 amide bonds.